The molecule has 0 saturated carbocycles. The van der Waals surface area contributed by atoms with Crippen LogP contribution in [-0.4, -0.2) is 17.6 Å². The van der Waals surface area contributed by atoms with Crippen LogP contribution in [0, 0.1) is 0 Å². The molecule has 2 rings (SSSR count). The Labute approximate surface area is 121 Å². The summed E-state index contributed by atoms with van der Waals surface area (Å²) in [5.41, 5.74) is 1.85. The molecule has 0 radical (unpaired) electrons. The van der Waals surface area contributed by atoms with Gasteiger partial charge in [0.05, 0.1) is 7.11 Å². The predicted molar refractivity (Wildman–Crippen MR) is 80.0 cm³/mol. The van der Waals surface area contributed by atoms with E-state index in [-0.39, 0.29) is 5.97 Å². The molecule has 0 unspecified atom stereocenters. The number of ether oxygens (including phenoxy) is 1. The number of esters is 1. The van der Waals surface area contributed by atoms with Crippen LogP contribution < -0.4 is 0 Å². The quantitative estimate of drug-likeness (QED) is 0.631. The van der Waals surface area contributed by atoms with Gasteiger partial charge >= 0.3 is 5.97 Å². The maximum atomic E-state index is 11.5. The molecule has 1 aromatic carbocycles. The Kier molecular flexibility index (Phi) is 4.43. The second kappa shape index (κ2) is 6.06. The number of halogens is 1. The number of hydrogen-bond acceptors (Lipinski definition) is 2. The SMILES string of the molecule is CCC(=CCn1cc(Br)c2ccccc21)C(=O)OC. The Balaban J connectivity index is 2.31. The topological polar surface area (TPSA) is 31.2 Å². The van der Waals surface area contributed by atoms with E-state index < -0.39 is 0 Å². The average molecular weight is 322 g/mol. The molecule has 3 nitrogen and oxygen atoms in total. The van der Waals surface area contributed by atoms with Gasteiger partial charge in [0.25, 0.3) is 0 Å². The van der Waals surface area contributed by atoms with E-state index in [1.807, 2.05) is 31.3 Å². The molecule has 0 N–H and O–H groups in total. The minimum Gasteiger partial charge on any atom is -0.466 e. The third-order valence-electron chi connectivity index (χ3n) is 3.10. The number of carbonyl (C=O) groups excluding carboxylic acids is 1. The van der Waals surface area contributed by atoms with Crippen molar-refractivity contribution in [3.63, 3.8) is 0 Å². The Morgan fingerprint density at radius 3 is 2.84 bits per heavy atom. The summed E-state index contributed by atoms with van der Waals surface area (Å²) in [4.78, 5) is 11.5. The minimum atomic E-state index is -0.252. The first kappa shape index (κ1) is 13.9. The van der Waals surface area contributed by atoms with Gasteiger partial charge in [-0.25, -0.2) is 4.79 Å². The number of allylic oxidation sites excluding steroid dienone is 1. The number of methoxy groups -OCH3 is 1. The van der Waals surface area contributed by atoms with Crippen LogP contribution in [0.15, 0.2) is 46.6 Å². The van der Waals surface area contributed by atoms with Crippen molar-refractivity contribution in [3.8, 4) is 0 Å². The van der Waals surface area contributed by atoms with Gasteiger partial charge in [0.2, 0.25) is 0 Å². The third kappa shape index (κ3) is 2.89. The van der Waals surface area contributed by atoms with Crippen LogP contribution in [0.25, 0.3) is 10.9 Å². The molecule has 0 aliphatic carbocycles. The Bertz CT molecular complexity index is 628. The zero-order valence-electron chi connectivity index (χ0n) is 11.0. The summed E-state index contributed by atoms with van der Waals surface area (Å²) >= 11 is 3.55. The smallest absolute Gasteiger partial charge is 0.333 e. The number of hydrogen-bond donors (Lipinski definition) is 0. The summed E-state index contributed by atoms with van der Waals surface area (Å²) in [5, 5.41) is 1.17. The number of fused-ring (bicyclic) bond motifs is 1. The second-order valence-electron chi connectivity index (χ2n) is 4.22. The lowest BCUT2D eigenvalue weighted by Gasteiger charge is -2.04. The van der Waals surface area contributed by atoms with Crippen molar-refractivity contribution in [3.05, 3.63) is 46.6 Å². The number of benzene rings is 1. The first-order valence-electron chi connectivity index (χ1n) is 6.18. The third-order valence-corrected chi connectivity index (χ3v) is 3.73. The van der Waals surface area contributed by atoms with Crippen molar-refractivity contribution in [1.82, 2.24) is 4.57 Å². The van der Waals surface area contributed by atoms with Crippen molar-refractivity contribution < 1.29 is 9.53 Å². The van der Waals surface area contributed by atoms with Gasteiger partial charge < -0.3 is 9.30 Å². The van der Waals surface area contributed by atoms with Crippen LogP contribution in [0.3, 0.4) is 0 Å². The van der Waals surface area contributed by atoms with E-state index in [1.165, 1.54) is 12.5 Å². The van der Waals surface area contributed by atoms with E-state index in [9.17, 15) is 4.79 Å². The fourth-order valence-corrected chi connectivity index (χ4v) is 2.65. The van der Waals surface area contributed by atoms with Gasteiger partial charge in [0, 0.05) is 33.7 Å². The lowest BCUT2D eigenvalue weighted by Crippen LogP contribution is -2.05. The number of para-hydroxylation sites is 1. The molecule has 0 amide bonds. The molecular formula is C15H16BrNO2. The lowest BCUT2D eigenvalue weighted by molar-refractivity contribution is -0.136. The molecule has 0 spiro atoms. The highest BCUT2D eigenvalue weighted by Crippen LogP contribution is 2.26. The molecular weight excluding hydrogens is 306 g/mol. The van der Waals surface area contributed by atoms with Gasteiger partial charge in [-0.2, -0.15) is 0 Å². The van der Waals surface area contributed by atoms with E-state index in [1.54, 1.807) is 0 Å². The molecule has 0 bridgehead atoms. The summed E-state index contributed by atoms with van der Waals surface area (Å²) in [6.45, 7) is 2.61. The van der Waals surface area contributed by atoms with Gasteiger partial charge in [-0.15, -0.1) is 0 Å². The van der Waals surface area contributed by atoms with E-state index in [0.29, 0.717) is 18.5 Å². The number of aromatic nitrogens is 1. The van der Waals surface area contributed by atoms with Crippen LogP contribution in [0.5, 0.6) is 0 Å². The number of carbonyl (C=O) groups is 1. The zero-order chi connectivity index (χ0) is 13.8. The zero-order valence-corrected chi connectivity index (χ0v) is 12.6. The minimum absolute atomic E-state index is 0.252. The first-order valence-corrected chi connectivity index (χ1v) is 6.97. The highest BCUT2D eigenvalue weighted by atomic mass is 79.9. The molecule has 1 aromatic heterocycles. The summed E-state index contributed by atoms with van der Waals surface area (Å²) in [5.74, 6) is -0.252. The average Bonchev–Trinajstić information content (AvgIpc) is 2.76. The predicted octanol–water partition coefficient (Wildman–Crippen LogP) is 3.91. The van der Waals surface area contributed by atoms with Crippen molar-refractivity contribution in [1.29, 1.82) is 0 Å². The van der Waals surface area contributed by atoms with Crippen LogP contribution in [0.2, 0.25) is 0 Å². The lowest BCUT2D eigenvalue weighted by atomic mass is 10.2. The van der Waals surface area contributed by atoms with Crippen molar-refractivity contribution in [2.45, 2.75) is 19.9 Å². The molecule has 0 fully saturated rings. The van der Waals surface area contributed by atoms with Crippen LogP contribution in [0.4, 0.5) is 0 Å². The van der Waals surface area contributed by atoms with Crippen LogP contribution in [0.1, 0.15) is 13.3 Å². The Morgan fingerprint density at radius 1 is 1.42 bits per heavy atom. The molecule has 0 aliphatic rings. The molecule has 0 saturated heterocycles. The fraction of sp³-hybridized carbons (Fsp3) is 0.267. The first-order chi connectivity index (χ1) is 9.17. The van der Waals surface area contributed by atoms with Gasteiger partial charge in [-0.05, 0) is 28.4 Å². The fourth-order valence-electron chi connectivity index (χ4n) is 2.06. The van der Waals surface area contributed by atoms with E-state index in [4.69, 9.17) is 4.74 Å². The second-order valence-corrected chi connectivity index (χ2v) is 5.08. The Hall–Kier alpha value is -1.55. The summed E-state index contributed by atoms with van der Waals surface area (Å²) in [7, 11) is 1.41. The van der Waals surface area contributed by atoms with Gasteiger partial charge in [-0.1, -0.05) is 31.2 Å². The van der Waals surface area contributed by atoms with Gasteiger partial charge in [0.15, 0.2) is 0 Å². The van der Waals surface area contributed by atoms with Gasteiger partial charge in [0.1, 0.15) is 0 Å². The van der Waals surface area contributed by atoms with Gasteiger partial charge in [-0.3, -0.25) is 0 Å². The number of rotatable bonds is 4. The molecule has 1 heterocycles. The van der Waals surface area contributed by atoms with Crippen LogP contribution in [-0.2, 0) is 16.1 Å². The monoisotopic (exact) mass is 321 g/mol. The molecule has 0 aliphatic heterocycles. The normalized spacial score (nSPS) is 11.8. The molecule has 19 heavy (non-hydrogen) atoms. The standard InChI is InChI=1S/C15H16BrNO2/c1-3-11(15(18)19-2)8-9-17-10-13(16)12-6-4-5-7-14(12)17/h4-8,10H,3,9H2,1-2H3. The van der Waals surface area contributed by atoms with E-state index >= 15 is 0 Å². The van der Waals surface area contributed by atoms with Crippen molar-refractivity contribution in [2.24, 2.45) is 0 Å². The molecule has 0 atom stereocenters. The molecule has 4 heteroatoms. The molecule has 2 aromatic rings. The van der Waals surface area contributed by atoms with Crippen LogP contribution >= 0.6 is 15.9 Å². The maximum Gasteiger partial charge on any atom is 0.333 e. The Morgan fingerprint density at radius 2 is 2.16 bits per heavy atom. The van der Waals surface area contributed by atoms with E-state index in [0.717, 1.165) is 9.99 Å². The maximum absolute atomic E-state index is 11.5. The summed E-state index contributed by atoms with van der Waals surface area (Å²) in [6, 6.07) is 8.16. The number of nitrogens with zero attached hydrogens (tertiary/aromatic N) is 1. The van der Waals surface area contributed by atoms with E-state index in [2.05, 4.69) is 32.6 Å². The summed E-state index contributed by atoms with van der Waals surface area (Å²) in [6.07, 6.45) is 4.63. The van der Waals surface area contributed by atoms with Crippen molar-refractivity contribution >= 4 is 32.8 Å². The largest absolute Gasteiger partial charge is 0.466 e. The highest BCUT2D eigenvalue weighted by molar-refractivity contribution is 9.10. The molecule has 100 valence electrons. The highest BCUT2D eigenvalue weighted by Gasteiger charge is 2.08. The summed E-state index contributed by atoms with van der Waals surface area (Å²) < 4.78 is 7.93. The van der Waals surface area contributed by atoms with Crippen molar-refractivity contribution in [2.75, 3.05) is 7.11 Å².